The van der Waals surface area contributed by atoms with Gasteiger partial charge in [-0.1, -0.05) is 13.0 Å². The van der Waals surface area contributed by atoms with E-state index >= 15 is 0 Å². The van der Waals surface area contributed by atoms with Crippen molar-refractivity contribution in [1.29, 1.82) is 5.41 Å². The van der Waals surface area contributed by atoms with Gasteiger partial charge in [0, 0.05) is 6.07 Å². The number of nitrogens with one attached hydrogen (secondary N) is 1. The zero-order valence-electron chi connectivity index (χ0n) is 9.14. The summed E-state index contributed by atoms with van der Waals surface area (Å²) in [6, 6.07) is 3.40. The summed E-state index contributed by atoms with van der Waals surface area (Å²) in [7, 11) is 0. The zero-order chi connectivity index (χ0) is 13.0. The van der Waals surface area contributed by atoms with Gasteiger partial charge in [0.25, 0.3) is 0 Å². The molecule has 1 unspecified atom stereocenters. The number of nitrogens with two attached hydrogens (primary N) is 1. The van der Waals surface area contributed by atoms with E-state index in [9.17, 15) is 14.5 Å². The average molecular weight is 241 g/mol. The number of benzene rings is 1. The Morgan fingerprint density at radius 2 is 2.35 bits per heavy atom. The Morgan fingerprint density at radius 1 is 1.71 bits per heavy atom. The molecule has 0 spiro atoms. The second kappa shape index (κ2) is 5.24. The maximum atomic E-state index is 13.4. The Labute approximate surface area is 96.8 Å². The van der Waals surface area contributed by atoms with Gasteiger partial charge in [-0.2, -0.15) is 0 Å². The van der Waals surface area contributed by atoms with Crippen molar-refractivity contribution in [3.8, 4) is 5.75 Å². The third-order valence-corrected chi connectivity index (χ3v) is 2.12. The number of nitro benzene ring substituents is 1. The molecule has 92 valence electrons. The Balaban J connectivity index is 3.12. The predicted molar refractivity (Wildman–Crippen MR) is 59.7 cm³/mol. The molecular weight excluding hydrogens is 229 g/mol. The van der Waals surface area contributed by atoms with Crippen molar-refractivity contribution >= 4 is 11.5 Å². The molecule has 7 heteroatoms. The van der Waals surface area contributed by atoms with Gasteiger partial charge in [-0.25, -0.2) is 4.39 Å². The van der Waals surface area contributed by atoms with Crippen molar-refractivity contribution in [3.63, 3.8) is 0 Å². The Kier molecular flexibility index (Phi) is 3.97. The molecule has 0 aliphatic heterocycles. The monoisotopic (exact) mass is 241 g/mol. The fourth-order valence-electron chi connectivity index (χ4n) is 1.27. The SMILES string of the molecule is CCC(Oc1c(F)cccc1[N+](=O)[O-])C(=N)N. The highest BCUT2D eigenvalue weighted by atomic mass is 19.1. The van der Waals surface area contributed by atoms with Gasteiger partial charge < -0.3 is 10.5 Å². The first-order valence-corrected chi connectivity index (χ1v) is 4.90. The van der Waals surface area contributed by atoms with Crippen molar-refractivity contribution in [2.45, 2.75) is 19.4 Å². The highest BCUT2D eigenvalue weighted by Crippen LogP contribution is 2.30. The van der Waals surface area contributed by atoms with Crippen LogP contribution in [0.5, 0.6) is 5.75 Å². The summed E-state index contributed by atoms with van der Waals surface area (Å²) in [5, 5.41) is 17.9. The van der Waals surface area contributed by atoms with Crippen LogP contribution in [0.1, 0.15) is 13.3 Å². The van der Waals surface area contributed by atoms with E-state index in [1.165, 1.54) is 6.07 Å². The molecule has 0 fully saturated rings. The number of ether oxygens (including phenoxy) is 1. The Bertz CT molecular complexity index is 450. The lowest BCUT2D eigenvalue weighted by atomic mass is 10.2. The van der Waals surface area contributed by atoms with E-state index in [-0.39, 0.29) is 5.84 Å². The highest BCUT2D eigenvalue weighted by molar-refractivity contribution is 5.82. The quantitative estimate of drug-likeness (QED) is 0.355. The minimum absolute atomic E-state index is 0.301. The highest BCUT2D eigenvalue weighted by Gasteiger charge is 2.23. The van der Waals surface area contributed by atoms with E-state index in [2.05, 4.69) is 0 Å². The molecule has 0 aromatic heterocycles. The summed E-state index contributed by atoms with van der Waals surface area (Å²) in [6.07, 6.45) is -0.550. The van der Waals surface area contributed by atoms with Crippen LogP contribution in [0.4, 0.5) is 10.1 Å². The summed E-state index contributed by atoms with van der Waals surface area (Å²) in [6.45, 7) is 1.68. The molecule has 1 aromatic rings. The van der Waals surface area contributed by atoms with Crippen molar-refractivity contribution in [3.05, 3.63) is 34.1 Å². The summed E-state index contributed by atoms with van der Waals surface area (Å²) in [4.78, 5) is 9.94. The lowest BCUT2D eigenvalue weighted by Crippen LogP contribution is -2.32. The van der Waals surface area contributed by atoms with E-state index in [0.29, 0.717) is 6.42 Å². The first-order chi connectivity index (χ1) is 7.97. The van der Waals surface area contributed by atoms with Gasteiger partial charge in [-0.15, -0.1) is 0 Å². The molecule has 1 aromatic carbocycles. The van der Waals surface area contributed by atoms with E-state index in [1.807, 2.05) is 0 Å². The molecule has 17 heavy (non-hydrogen) atoms. The molecule has 6 nitrogen and oxygen atoms in total. The smallest absolute Gasteiger partial charge is 0.314 e. The Morgan fingerprint density at radius 3 is 2.82 bits per heavy atom. The lowest BCUT2D eigenvalue weighted by Gasteiger charge is -2.16. The van der Waals surface area contributed by atoms with Crippen LogP contribution in [0.2, 0.25) is 0 Å². The van der Waals surface area contributed by atoms with Crippen LogP contribution < -0.4 is 10.5 Å². The molecule has 1 rings (SSSR count). The van der Waals surface area contributed by atoms with Crippen molar-refractivity contribution in [2.24, 2.45) is 5.73 Å². The number of amidine groups is 1. The van der Waals surface area contributed by atoms with Gasteiger partial charge in [-0.05, 0) is 12.5 Å². The molecular formula is C10H12FN3O3. The van der Waals surface area contributed by atoms with E-state index in [0.717, 1.165) is 12.1 Å². The van der Waals surface area contributed by atoms with E-state index < -0.39 is 28.3 Å². The topological polar surface area (TPSA) is 102 Å². The lowest BCUT2D eigenvalue weighted by molar-refractivity contribution is -0.386. The van der Waals surface area contributed by atoms with Crippen LogP contribution in [-0.4, -0.2) is 16.9 Å². The van der Waals surface area contributed by atoms with E-state index in [1.54, 1.807) is 6.92 Å². The number of hydrogen-bond donors (Lipinski definition) is 2. The Hall–Kier alpha value is -2.18. The number of hydrogen-bond acceptors (Lipinski definition) is 4. The van der Waals surface area contributed by atoms with Crippen LogP contribution in [0.3, 0.4) is 0 Å². The maximum absolute atomic E-state index is 13.4. The minimum Gasteiger partial charge on any atom is -0.473 e. The van der Waals surface area contributed by atoms with Gasteiger partial charge in [0.15, 0.2) is 11.9 Å². The minimum atomic E-state index is -0.870. The second-order valence-corrected chi connectivity index (χ2v) is 3.32. The van der Waals surface area contributed by atoms with Crippen LogP contribution in [-0.2, 0) is 0 Å². The van der Waals surface area contributed by atoms with Crippen molar-refractivity contribution in [2.75, 3.05) is 0 Å². The summed E-state index contributed by atoms with van der Waals surface area (Å²) >= 11 is 0. The first kappa shape index (κ1) is 12.9. The number of nitrogens with zero attached hydrogens (tertiary/aromatic N) is 1. The van der Waals surface area contributed by atoms with Crippen LogP contribution in [0.15, 0.2) is 18.2 Å². The summed E-state index contributed by atoms with van der Waals surface area (Å²) in [5.41, 5.74) is 4.76. The average Bonchev–Trinajstić information content (AvgIpc) is 2.26. The molecule has 3 N–H and O–H groups in total. The number of nitro groups is 1. The van der Waals surface area contributed by atoms with Gasteiger partial charge in [0.2, 0.25) is 5.75 Å². The number of halogens is 1. The van der Waals surface area contributed by atoms with Crippen molar-refractivity contribution in [1.82, 2.24) is 0 Å². The normalized spacial score (nSPS) is 11.9. The van der Waals surface area contributed by atoms with Crippen molar-refractivity contribution < 1.29 is 14.1 Å². The summed E-state index contributed by atoms with van der Waals surface area (Å²) in [5.74, 6) is -1.64. The first-order valence-electron chi connectivity index (χ1n) is 4.90. The largest absolute Gasteiger partial charge is 0.473 e. The fraction of sp³-hybridized carbons (Fsp3) is 0.300. The van der Waals surface area contributed by atoms with Crippen LogP contribution in [0, 0.1) is 21.3 Å². The maximum Gasteiger partial charge on any atom is 0.314 e. The molecule has 0 saturated carbocycles. The summed E-state index contributed by atoms with van der Waals surface area (Å²) < 4.78 is 18.5. The standard InChI is InChI=1S/C10H12FN3O3/c1-2-8(10(12)13)17-9-6(11)4-3-5-7(9)14(15)16/h3-5,8H,2H2,1H3,(H3,12,13). The molecule has 0 bridgehead atoms. The van der Waals surface area contributed by atoms with Gasteiger partial charge >= 0.3 is 5.69 Å². The van der Waals surface area contributed by atoms with Crippen LogP contribution >= 0.6 is 0 Å². The van der Waals surface area contributed by atoms with Crippen LogP contribution in [0.25, 0.3) is 0 Å². The second-order valence-electron chi connectivity index (χ2n) is 3.32. The molecule has 0 saturated heterocycles. The molecule has 0 amide bonds. The van der Waals surface area contributed by atoms with Gasteiger partial charge in [0.05, 0.1) is 4.92 Å². The molecule has 0 aliphatic carbocycles. The predicted octanol–water partition coefficient (Wildman–Crippen LogP) is 1.83. The molecule has 1 atom stereocenters. The number of para-hydroxylation sites is 1. The molecule has 0 heterocycles. The molecule has 0 radical (unpaired) electrons. The van der Waals surface area contributed by atoms with Gasteiger partial charge in [0.1, 0.15) is 5.84 Å². The van der Waals surface area contributed by atoms with Gasteiger partial charge in [-0.3, -0.25) is 15.5 Å². The van der Waals surface area contributed by atoms with E-state index in [4.69, 9.17) is 15.9 Å². The fourth-order valence-corrected chi connectivity index (χ4v) is 1.27. The third-order valence-electron chi connectivity index (χ3n) is 2.12. The third kappa shape index (κ3) is 2.90. The zero-order valence-corrected chi connectivity index (χ0v) is 9.14. The number of rotatable bonds is 5. The molecule has 0 aliphatic rings.